The highest BCUT2D eigenvalue weighted by Crippen LogP contribution is 2.14. The summed E-state index contributed by atoms with van der Waals surface area (Å²) in [5.41, 5.74) is 1.75. The second-order valence-corrected chi connectivity index (χ2v) is 4.59. The third-order valence-corrected chi connectivity index (χ3v) is 3.06. The second kappa shape index (κ2) is 6.25. The Balaban J connectivity index is 1.93. The Morgan fingerprint density at radius 1 is 1.11 bits per heavy atom. The Kier molecular flexibility index (Phi) is 4.42. The number of nitrogens with one attached hydrogen (secondary N) is 1. The highest BCUT2D eigenvalue weighted by Gasteiger charge is 2.09. The number of rotatable bonds is 4. The number of anilines is 2. The lowest BCUT2D eigenvalue weighted by molar-refractivity contribution is -0.116. The van der Waals surface area contributed by atoms with E-state index in [0.29, 0.717) is 5.02 Å². The molecule has 1 N–H and O–H groups in total. The van der Waals surface area contributed by atoms with Crippen molar-refractivity contribution in [3.05, 3.63) is 59.6 Å². The van der Waals surface area contributed by atoms with Crippen LogP contribution in [0.5, 0.6) is 0 Å². The van der Waals surface area contributed by atoms with Gasteiger partial charge in [0.25, 0.3) is 0 Å². The average molecular weight is 275 g/mol. The topological polar surface area (TPSA) is 32.3 Å². The summed E-state index contributed by atoms with van der Waals surface area (Å²) in [4.78, 5) is 13.6. The molecule has 0 saturated carbocycles. The SMILES string of the molecule is CN(C(=O)CNc1ccc(Cl)cc1)c1ccccc1. The minimum atomic E-state index is 0.00106. The molecule has 0 radical (unpaired) electrons. The lowest BCUT2D eigenvalue weighted by atomic mass is 10.3. The summed E-state index contributed by atoms with van der Waals surface area (Å²) in [6.07, 6.45) is 0. The van der Waals surface area contributed by atoms with Gasteiger partial charge in [-0.2, -0.15) is 0 Å². The van der Waals surface area contributed by atoms with Crippen LogP contribution in [0, 0.1) is 0 Å². The van der Waals surface area contributed by atoms with Crippen LogP contribution in [0.25, 0.3) is 0 Å². The van der Waals surface area contributed by atoms with E-state index in [9.17, 15) is 4.79 Å². The zero-order valence-corrected chi connectivity index (χ0v) is 11.4. The zero-order valence-electron chi connectivity index (χ0n) is 10.6. The van der Waals surface area contributed by atoms with Gasteiger partial charge in [0, 0.05) is 23.4 Å². The standard InChI is InChI=1S/C15H15ClN2O/c1-18(14-5-3-2-4-6-14)15(19)11-17-13-9-7-12(16)8-10-13/h2-10,17H,11H2,1H3. The summed E-state index contributed by atoms with van der Waals surface area (Å²) >= 11 is 5.80. The summed E-state index contributed by atoms with van der Waals surface area (Å²) in [7, 11) is 1.77. The number of halogens is 1. The van der Waals surface area contributed by atoms with Crippen LogP contribution in [0.15, 0.2) is 54.6 Å². The van der Waals surface area contributed by atoms with Crippen molar-refractivity contribution < 1.29 is 4.79 Å². The monoisotopic (exact) mass is 274 g/mol. The van der Waals surface area contributed by atoms with Crippen molar-refractivity contribution in [2.45, 2.75) is 0 Å². The Hall–Kier alpha value is -2.00. The van der Waals surface area contributed by atoms with E-state index in [1.165, 1.54) is 0 Å². The number of hydrogen-bond donors (Lipinski definition) is 1. The third-order valence-electron chi connectivity index (χ3n) is 2.81. The van der Waals surface area contributed by atoms with E-state index in [0.717, 1.165) is 11.4 Å². The van der Waals surface area contributed by atoms with Gasteiger partial charge in [-0.15, -0.1) is 0 Å². The van der Waals surface area contributed by atoms with Crippen LogP contribution in [0.4, 0.5) is 11.4 Å². The third kappa shape index (κ3) is 3.73. The lowest BCUT2D eigenvalue weighted by Gasteiger charge is -2.17. The van der Waals surface area contributed by atoms with E-state index in [-0.39, 0.29) is 12.5 Å². The van der Waals surface area contributed by atoms with E-state index in [4.69, 9.17) is 11.6 Å². The van der Waals surface area contributed by atoms with Crippen molar-refractivity contribution in [2.24, 2.45) is 0 Å². The molecule has 0 unspecified atom stereocenters. The molecule has 0 spiro atoms. The number of likely N-dealkylation sites (N-methyl/N-ethyl adjacent to an activating group) is 1. The average Bonchev–Trinajstić information content (AvgIpc) is 2.46. The fourth-order valence-corrected chi connectivity index (χ4v) is 1.79. The quantitative estimate of drug-likeness (QED) is 0.927. The molecule has 0 aliphatic carbocycles. The smallest absolute Gasteiger partial charge is 0.246 e. The number of carbonyl (C=O) groups is 1. The van der Waals surface area contributed by atoms with Crippen LogP contribution < -0.4 is 10.2 Å². The normalized spacial score (nSPS) is 10.0. The van der Waals surface area contributed by atoms with Crippen LogP contribution >= 0.6 is 11.6 Å². The first-order chi connectivity index (χ1) is 9.16. The van der Waals surface area contributed by atoms with Crippen LogP contribution in [0.1, 0.15) is 0 Å². The van der Waals surface area contributed by atoms with E-state index < -0.39 is 0 Å². The predicted octanol–water partition coefficient (Wildman–Crippen LogP) is 3.41. The summed E-state index contributed by atoms with van der Waals surface area (Å²) in [6.45, 7) is 0.243. The van der Waals surface area contributed by atoms with Crippen molar-refractivity contribution in [1.29, 1.82) is 0 Å². The van der Waals surface area contributed by atoms with Gasteiger partial charge in [-0.25, -0.2) is 0 Å². The molecular weight excluding hydrogens is 260 g/mol. The highest BCUT2D eigenvalue weighted by atomic mass is 35.5. The van der Waals surface area contributed by atoms with E-state index in [2.05, 4.69) is 5.32 Å². The zero-order chi connectivity index (χ0) is 13.7. The van der Waals surface area contributed by atoms with Crippen molar-refractivity contribution in [3.63, 3.8) is 0 Å². The van der Waals surface area contributed by atoms with Gasteiger partial charge in [0.05, 0.1) is 6.54 Å². The molecule has 3 nitrogen and oxygen atoms in total. The summed E-state index contributed by atoms with van der Waals surface area (Å²) < 4.78 is 0. The molecule has 0 bridgehead atoms. The van der Waals surface area contributed by atoms with Crippen molar-refractivity contribution in [2.75, 3.05) is 23.8 Å². The van der Waals surface area contributed by atoms with Gasteiger partial charge in [0.1, 0.15) is 0 Å². The van der Waals surface area contributed by atoms with Crippen molar-refractivity contribution in [3.8, 4) is 0 Å². The molecule has 0 aliphatic heterocycles. The van der Waals surface area contributed by atoms with Gasteiger partial charge in [0.15, 0.2) is 0 Å². The Morgan fingerprint density at radius 2 is 1.74 bits per heavy atom. The first-order valence-electron chi connectivity index (χ1n) is 5.98. The molecule has 2 rings (SSSR count). The summed E-state index contributed by atoms with van der Waals surface area (Å²) in [5, 5.41) is 3.75. The molecular formula is C15H15ClN2O. The molecule has 4 heteroatoms. The van der Waals surface area contributed by atoms with Gasteiger partial charge >= 0.3 is 0 Å². The molecule has 0 heterocycles. The van der Waals surface area contributed by atoms with Gasteiger partial charge in [-0.3, -0.25) is 4.79 Å². The molecule has 19 heavy (non-hydrogen) atoms. The minimum Gasteiger partial charge on any atom is -0.376 e. The first-order valence-corrected chi connectivity index (χ1v) is 6.35. The van der Waals surface area contributed by atoms with E-state index >= 15 is 0 Å². The molecule has 1 amide bonds. The largest absolute Gasteiger partial charge is 0.376 e. The molecule has 0 fully saturated rings. The van der Waals surface area contributed by atoms with Gasteiger partial charge in [0.2, 0.25) is 5.91 Å². The van der Waals surface area contributed by atoms with Crippen LogP contribution in [-0.4, -0.2) is 19.5 Å². The molecule has 0 aliphatic rings. The minimum absolute atomic E-state index is 0.00106. The number of carbonyl (C=O) groups excluding carboxylic acids is 1. The molecule has 98 valence electrons. The van der Waals surface area contributed by atoms with Crippen molar-refractivity contribution in [1.82, 2.24) is 0 Å². The molecule has 0 saturated heterocycles. The second-order valence-electron chi connectivity index (χ2n) is 4.15. The van der Waals surface area contributed by atoms with Gasteiger partial charge in [-0.05, 0) is 36.4 Å². The predicted molar refractivity (Wildman–Crippen MR) is 79.8 cm³/mol. The van der Waals surface area contributed by atoms with Crippen LogP contribution in [0.3, 0.4) is 0 Å². The van der Waals surface area contributed by atoms with Crippen LogP contribution in [-0.2, 0) is 4.79 Å². The first kappa shape index (κ1) is 13.4. The fourth-order valence-electron chi connectivity index (χ4n) is 1.66. The maximum Gasteiger partial charge on any atom is 0.246 e. The highest BCUT2D eigenvalue weighted by molar-refractivity contribution is 6.30. The molecule has 0 aromatic heterocycles. The maximum absolute atomic E-state index is 12.0. The molecule has 2 aromatic carbocycles. The van der Waals surface area contributed by atoms with E-state index in [1.807, 2.05) is 42.5 Å². The maximum atomic E-state index is 12.0. The van der Waals surface area contributed by atoms with Crippen LogP contribution in [0.2, 0.25) is 5.02 Å². The molecule has 2 aromatic rings. The molecule has 0 atom stereocenters. The number of hydrogen-bond acceptors (Lipinski definition) is 2. The number of para-hydroxylation sites is 1. The summed E-state index contributed by atoms with van der Waals surface area (Å²) in [5.74, 6) is 0.00106. The fraction of sp³-hybridized carbons (Fsp3) is 0.133. The van der Waals surface area contributed by atoms with Crippen molar-refractivity contribution >= 4 is 28.9 Å². The number of amides is 1. The summed E-state index contributed by atoms with van der Waals surface area (Å²) in [6, 6.07) is 16.8. The Labute approximate surface area is 117 Å². The number of benzene rings is 2. The van der Waals surface area contributed by atoms with Gasteiger partial charge < -0.3 is 10.2 Å². The lowest BCUT2D eigenvalue weighted by Crippen LogP contribution is -2.32. The Bertz CT molecular complexity index is 540. The van der Waals surface area contributed by atoms with Gasteiger partial charge in [-0.1, -0.05) is 29.8 Å². The van der Waals surface area contributed by atoms with E-state index in [1.54, 1.807) is 24.1 Å². The number of nitrogens with zero attached hydrogens (tertiary/aromatic N) is 1. The Morgan fingerprint density at radius 3 is 2.37 bits per heavy atom.